The fourth-order valence-corrected chi connectivity index (χ4v) is 3.81. The van der Waals surface area contributed by atoms with E-state index in [1.807, 2.05) is 11.8 Å². The van der Waals surface area contributed by atoms with Gasteiger partial charge >= 0.3 is 0 Å². The van der Waals surface area contributed by atoms with Crippen LogP contribution < -0.4 is 5.73 Å². The molecule has 0 unspecified atom stereocenters. The molecule has 3 atom stereocenters. The highest BCUT2D eigenvalue weighted by Crippen LogP contribution is 2.35. The number of amides is 1. The van der Waals surface area contributed by atoms with E-state index >= 15 is 0 Å². The maximum absolute atomic E-state index is 13.0. The highest BCUT2D eigenvalue weighted by Gasteiger charge is 2.34. The van der Waals surface area contributed by atoms with Gasteiger partial charge in [-0.3, -0.25) is 4.79 Å². The molecule has 0 spiro atoms. The smallest absolute Gasteiger partial charge is 0.229 e. The second-order valence-electron chi connectivity index (χ2n) is 7.61. The number of nitrogens with zero attached hydrogens (tertiary/aromatic N) is 3. The number of rotatable bonds is 8. The Morgan fingerprint density at radius 1 is 1.31 bits per heavy atom. The minimum Gasteiger partial charge on any atom is -0.377 e. The number of aromatic nitrogens is 2. The summed E-state index contributed by atoms with van der Waals surface area (Å²) in [6.45, 7) is 5.86. The Balaban J connectivity index is 1.54. The van der Waals surface area contributed by atoms with Gasteiger partial charge in [0.25, 0.3) is 0 Å². The average Bonchev–Trinajstić information content (AvgIpc) is 3.04. The van der Waals surface area contributed by atoms with Gasteiger partial charge in [0.05, 0.1) is 12.6 Å². The predicted molar refractivity (Wildman–Crippen MR) is 97.3 cm³/mol. The molecule has 1 amide bonds. The summed E-state index contributed by atoms with van der Waals surface area (Å²) in [4.78, 5) is 19.3. The molecule has 0 aliphatic heterocycles. The minimum atomic E-state index is -0.0710. The number of nitrogens with two attached hydrogens (primary N) is 1. The molecule has 7 nitrogen and oxygen atoms in total. The molecule has 2 fully saturated rings. The lowest BCUT2D eigenvalue weighted by Crippen LogP contribution is -2.47. The second kappa shape index (κ2) is 8.95. The van der Waals surface area contributed by atoms with E-state index in [9.17, 15) is 4.79 Å². The standard InChI is InChI=1S/C19H32N4O3/c1-3-10-25-16-9-8-14(11-15(16)20)19(24)23(4-2)12-17-21-18(26-22-17)13-6-5-7-13/h13-16H,3-12,20H2,1-2H3/t14-,15+,16+/m0/s1. The molecular weight excluding hydrogens is 332 g/mol. The summed E-state index contributed by atoms with van der Waals surface area (Å²) in [7, 11) is 0. The van der Waals surface area contributed by atoms with Crippen molar-refractivity contribution in [2.24, 2.45) is 11.7 Å². The van der Waals surface area contributed by atoms with Crippen molar-refractivity contribution < 1.29 is 14.1 Å². The van der Waals surface area contributed by atoms with Crippen LogP contribution >= 0.6 is 0 Å². The molecule has 2 N–H and O–H groups in total. The monoisotopic (exact) mass is 364 g/mol. The van der Waals surface area contributed by atoms with Gasteiger partial charge in [-0.05, 0) is 45.4 Å². The Labute approximate surface area is 155 Å². The summed E-state index contributed by atoms with van der Waals surface area (Å²) in [6.07, 6.45) is 6.91. The first-order valence-corrected chi connectivity index (χ1v) is 10.1. The zero-order valence-corrected chi connectivity index (χ0v) is 16.0. The number of ether oxygens (including phenoxy) is 1. The van der Waals surface area contributed by atoms with Gasteiger partial charge in [0.15, 0.2) is 5.82 Å². The molecule has 0 aromatic carbocycles. The molecule has 2 aliphatic carbocycles. The zero-order chi connectivity index (χ0) is 18.5. The van der Waals surface area contributed by atoms with Crippen molar-refractivity contribution in [3.8, 4) is 0 Å². The molecule has 0 bridgehead atoms. The van der Waals surface area contributed by atoms with Crippen LogP contribution in [0, 0.1) is 5.92 Å². The highest BCUT2D eigenvalue weighted by molar-refractivity contribution is 5.79. The fourth-order valence-electron chi connectivity index (χ4n) is 3.81. The SMILES string of the molecule is CCCO[C@@H]1CC[C@H](C(=O)N(CC)Cc2noc(C3CCC3)n2)C[C@H]1N. The van der Waals surface area contributed by atoms with Crippen LogP contribution in [-0.4, -0.2) is 46.2 Å². The molecule has 0 saturated heterocycles. The lowest BCUT2D eigenvalue weighted by atomic mass is 9.83. The predicted octanol–water partition coefficient (Wildman–Crippen LogP) is 2.61. The van der Waals surface area contributed by atoms with Gasteiger partial charge in [-0.15, -0.1) is 0 Å². The maximum Gasteiger partial charge on any atom is 0.229 e. The van der Waals surface area contributed by atoms with Crippen molar-refractivity contribution in [1.82, 2.24) is 15.0 Å². The van der Waals surface area contributed by atoms with Crippen molar-refractivity contribution in [2.75, 3.05) is 13.2 Å². The molecule has 146 valence electrons. The Kier molecular flexibility index (Phi) is 6.64. The van der Waals surface area contributed by atoms with Gasteiger partial charge in [-0.25, -0.2) is 0 Å². The Bertz CT molecular complexity index is 587. The fraction of sp³-hybridized carbons (Fsp3) is 0.842. The van der Waals surface area contributed by atoms with E-state index in [2.05, 4.69) is 17.1 Å². The van der Waals surface area contributed by atoms with Crippen LogP contribution in [0.3, 0.4) is 0 Å². The van der Waals surface area contributed by atoms with Gasteiger partial charge in [0.1, 0.15) is 0 Å². The van der Waals surface area contributed by atoms with Crippen LogP contribution in [0.1, 0.15) is 76.4 Å². The third-order valence-electron chi connectivity index (χ3n) is 5.68. The van der Waals surface area contributed by atoms with Crippen LogP contribution in [0.15, 0.2) is 4.52 Å². The number of hydrogen-bond acceptors (Lipinski definition) is 6. The van der Waals surface area contributed by atoms with Crippen LogP contribution in [0.25, 0.3) is 0 Å². The van der Waals surface area contributed by atoms with Crippen molar-refractivity contribution in [3.63, 3.8) is 0 Å². The molecule has 26 heavy (non-hydrogen) atoms. The minimum absolute atomic E-state index is 0.0376. The van der Waals surface area contributed by atoms with Gasteiger partial charge in [0, 0.05) is 31.0 Å². The van der Waals surface area contributed by atoms with E-state index in [1.54, 1.807) is 0 Å². The maximum atomic E-state index is 13.0. The summed E-state index contributed by atoms with van der Waals surface area (Å²) in [5.74, 6) is 1.85. The van der Waals surface area contributed by atoms with E-state index < -0.39 is 0 Å². The van der Waals surface area contributed by atoms with E-state index in [0.717, 1.165) is 44.6 Å². The third-order valence-corrected chi connectivity index (χ3v) is 5.68. The van der Waals surface area contributed by atoms with E-state index in [4.69, 9.17) is 15.0 Å². The van der Waals surface area contributed by atoms with Crippen molar-refractivity contribution in [2.45, 2.75) is 83.4 Å². The topological polar surface area (TPSA) is 94.5 Å². The lowest BCUT2D eigenvalue weighted by Gasteiger charge is -2.35. The van der Waals surface area contributed by atoms with Crippen LogP contribution in [-0.2, 0) is 16.1 Å². The molecule has 2 saturated carbocycles. The Morgan fingerprint density at radius 2 is 2.12 bits per heavy atom. The van der Waals surface area contributed by atoms with E-state index in [0.29, 0.717) is 31.3 Å². The summed E-state index contributed by atoms with van der Waals surface area (Å²) in [5, 5.41) is 4.07. The molecule has 0 radical (unpaired) electrons. The second-order valence-corrected chi connectivity index (χ2v) is 7.61. The van der Waals surface area contributed by atoms with Crippen LogP contribution in [0.4, 0.5) is 0 Å². The highest BCUT2D eigenvalue weighted by atomic mass is 16.5. The first-order valence-electron chi connectivity index (χ1n) is 10.1. The summed E-state index contributed by atoms with van der Waals surface area (Å²) in [6, 6.07) is -0.0710. The Morgan fingerprint density at radius 3 is 2.73 bits per heavy atom. The van der Waals surface area contributed by atoms with E-state index in [-0.39, 0.29) is 24.0 Å². The van der Waals surface area contributed by atoms with Crippen molar-refractivity contribution in [3.05, 3.63) is 11.7 Å². The summed E-state index contributed by atoms with van der Waals surface area (Å²) in [5.41, 5.74) is 6.27. The Hall–Kier alpha value is -1.47. The van der Waals surface area contributed by atoms with Crippen LogP contribution in [0.2, 0.25) is 0 Å². The third kappa shape index (κ3) is 4.43. The van der Waals surface area contributed by atoms with Crippen molar-refractivity contribution in [1.29, 1.82) is 0 Å². The largest absolute Gasteiger partial charge is 0.377 e. The number of carbonyl (C=O) groups excluding carboxylic acids is 1. The molecule has 7 heteroatoms. The molecular formula is C19H32N4O3. The van der Waals surface area contributed by atoms with E-state index in [1.165, 1.54) is 6.42 Å². The van der Waals surface area contributed by atoms with Gasteiger partial charge in [0.2, 0.25) is 11.8 Å². The first-order chi connectivity index (χ1) is 12.6. The summed E-state index contributed by atoms with van der Waals surface area (Å²) < 4.78 is 11.2. The average molecular weight is 364 g/mol. The van der Waals surface area contributed by atoms with Gasteiger partial charge < -0.3 is 19.9 Å². The molecule has 1 aromatic heterocycles. The quantitative estimate of drug-likeness (QED) is 0.762. The molecule has 1 aromatic rings. The lowest BCUT2D eigenvalue weighted by molar-refractivity contribution is -0.138. The number of hydrogen-bond donors (Lipinski definition) is 1. The van der Waals surface area contributed by atoms with Gasteiger partial charge in [-0.1, -0.05) is 18.5 Å². The zero-order valence-electron chi connectivity index (χ0n) is 16.0. The normalized spacial score (nSPS) is 26.5. The van der Waals surface area contributed by atoms with Crippen molar-refractivity contribution >= 4 is 5.91 Å². The number of carbonyl (C=O) groups is 1. The first kappa shape index (κ1) is 19.3. The molecule has 1 heterocycles. The van der Waals surface area contributed by atoms with Crippen LogP contribution in [0.5, 0.6) is 0 Å². The molecule has 2 aliphatic rings. The van der Waals surface area contributed by atoms with Gasteiger partial charge in [-0.2, -0.15) is 4.98 Å². The molecule has 3 rings (SSSR count). The summed E-state index contributed by atoms with van der Waals surface area (Å²) >= 11 is 0.